The van der Waals surface area contributed by atoms with Crippen molar-refractivity contribution in [3.63, 3.8) is 0 Å². The topological polar surface area (TPSA) is 118 Å². The van der Waals surface area contributed by atoms with E-state index in [2.05, 4.69) is 15.3 Å². The van der Waals surface area contributed by atoms with Crippen molar-refractivity contribution in [1.29, 1.82) is 0 Å². The number of aliphatic carboxylic acids is 1. The summed E-state index contributed by atoms with van der Waals surface area (Å²) in [6, 6.07) is 10.9. The number of nitrogens with zero attached hydrogens (tertiary/aromatic N) is 2. The minimum atomic E-state index is -0.980. The van der Waals surface area contributed by atoms with Gasteiger partial charge < -0.3 is 16.2 Å². The summed E-state index contributed by atoms with van der Waals surface area (Å²) in [6.07, 6.45) is 6.84. The Hall–Kier alpha value is -2.84. The first-order chi connectivity index (χ1) is 15.8. The molecule has 2 aromatic carbocycles. The van der Waals surface area contributed by atoms with E-state index in [0.717, 1.165) is 21.5 Å². The molecule has 172 valence electrons. The summed E-state index contributed by atoms with van der Waals surface area (Å²) in [5.41, 5.74) is 6.80. The summed E-state index contributed by atoms with van der Waals surface area (Å²) < 4.78 is 0. The van der Waals surface area contributed by atoms with Crippen LogP contribution in [0.15, 0.2) is 61.2 Å². The number of anilines is 2. The van der Waals surface area contributed by atoms with Crippen LogP contribution in [0.5, 0.6) is 0 Å². The lowest BCUT2D eigenvalue weighted by Gasteiger charge is -2.07. The molecule has 0 bridgehead atoms. The molecular formula is C22H18Cl4N4O3. The molecule has 0 aliphatic rings. The number of carboxylic acid groups (broad SMARTS) is 1. The van der Waals surface area contributed by atoms with Crippen LogP contribution in [0, 0.1) is 0 Å². The van der Waals surface area contributed by atoms with Crippen LogP contribution in [0.2, 0.25) is 10.0 Å². The first-order valence-electron chi connectivity index (χ1n) is 9.22. The van der Waals surface area contributed by atoms with E-state index in [-0.39, 0.29) is 17.7 Å². The molecule has 11 heteroatoms. The number of carbonyl (C=O) groups is 2. The van der Waals surface area contributed by atoms with Gasteiger partial charge in [0.25, 0.3) is 0 Å². The number of carbonyl (C=O) groups excluding carboxylic acids is 1. The molecule has 2 aromatic heterocycles. The Morgan fingerprint density at radius 2 is 1.36 bits per heavy atom. The number of hydrogen-bond donors (Lipinski definition) is 3. The molecule has 0 aliphatic heterocycles. The molecule has 0 atom stereocenters. The van der Waals surface area contributed by atoms with E-state index in [1.54, 1.807) is 43.0 Å². The van der Waals surface area contributed by atoms with Gasteiger partial charge in [0, 0.05) is 46.3 Å². The fourth-order valence-electron chi connectivity index (χ4n) is 2.56. The number of hydrogen-bond acceptors (Lipinski definition) is 5. The molecular weight excluding hydrogens is 510 g/mol. The van der Waals surface area contributed by atoms with Crippen molar-refractivity contribution in [3.05, 3.63) is 71.2 Å². The van der Waals surface area contributed by atoms with Crippen molar-refractivity contribution in [2.24, 2.45) is 0 Å². The summed E-state index contributed by atoms with van der Waals surface area (Å²) in [4.78, 5) is 28.4. The van der Waals surface area contributed by atoms with Gasteiger partial charge in [-0.3, -0.25) is 19.6 Å². The molecule has 4 rings (SSSR count). The zero-order chi connectivity index (χ0) is 24.4. The third-order valence-electron chi connectivity index (χ3n) is 4.05. The van der Waals surface area contributed by atoms with Crippen LogP contribution in [0.25, 0.3) is 21.5 Å². The van der Waals surface area contributed by atoms with Gasteiger partial charge in [-0.15, -0.1) is 23.2 Å². The van der Waals surface area contributed by atoms with Gasteiger partial charge in [-0.1, -0.05) is 35.3 Å². The molecule has 0 saturated carbocycles. The Morgan fingerprint density at radius 1 is 0.848 bits per heavy atom. The molecule has 4 N–H and O–H groups in total. The third kappa shape index (κ3) is 7.61. The Morgan fingerprint density at radius 3 is 1.88 bits per heavy atom. The summed E-state index contributed by atoms with van der Waals surface area (Å²) >= 11 is 22.3. The average Bonchev–Trinajstić information content (AvgIpc) is 2.84. The number of fused-ring (bicyclic) bond motifs is 2. The zero-order valence-corrected chi connectivity index (χ0v) is 20.0. The third-order valence-corrected chi connectivity index (χ3v) is 5.35. The highest BCUT2D eigenvalue weighted by Gasteiger charge is 2.07. The van der Waals surface area contributed by atoms with E-state index >= 15 is 0 Å². The van der Waals surface area contributed by atoms with E-state index in [1.807, 2.05) is 18.2 Å². The predicted molar refractivity (Wildman–Crippen MR) is 136 cm³/mol. The van der Waals surface area contributed by atoms with Crippen LogP contribution in [0.3, 0.4) is 0 Å². The van der Waals surface area contributed by atoms with Gasteiger partial charge in [0.15, 0.2) is 0 Å². The normalized spacial score (nSPS) is 9.94. The largest absolute Gasteiger partial charge is 0.480 e. The number of amides is 1. The molecule has 4 aromatic rings. The SMILES string of the molecule is Nc1ccc2cnccc2c1Cl.O=C(CCl)Nc1ccc2cnccc2c1Cl.O=C(O)CCl. The molecule has 0 saturated heterocycles. The monoisotopic (exact) mass is 526 g/mol. The van der Waals surface area contributed by atoms with E-state index in [9.17, 15) is 9.59 Å². The van der Waals surface area contributed by atoms with Gasteiger partial charge in [-0.25, -0.2) is 0 Å². The molecule has 0 aliphatic carbocycles. The van der Waals surface area contributed by atoms with Crippen LogP contribution < -0.4 is 11.1 Å². The first kappa shape index (κ1) is 26.4. The number of rotatable bonds is 3. The summed E-state index contributed by atoms with van der Waals surface area (Å²) in [7, 11) is 0. The number of nitrogens with one attached hydrogen (secondary N) is 1. The second-order valence-corrected chi connectivity index (χ2v) is 7.59. The van der Waals surface area contributed by atoms with Gasteiger partial charge in [0.2, 0.25) is 5.91 Å². The number of carboxylic acids is 1. The Balaban J connectivity index is 0.000000200. The lowest BCUT2D eigenvalue weighted by Crippen LogP contribution is -2.12. The van der Waals surface area contributed by atoms with E-state index in [4.69, 9.17) is 57.2 Å². The highest BCUT2D eigenvalue weighted by Crippen LogP contribution is 2.30. The maximum atomic E-state index is 11.2. The molecule has 0 spiro atoms. The smallest absolute Gasteiger partial charge is 0.318 e. The number of pyridine rings is 2. The van der Waals surface area contributed by atoms with Crippen LogP contribution >= 0.6 is 46.4 Å². The van der Waals surface area contributed by atoms with E-state index in [1.165, 1.54) is 0 Å². The van der Waals surface area contributed by atoms with Gasteiger partial charge in [-0.2, -0.15) is 0 Å². The molecule has 2 heterocycles. The van der Waals surface area contributed by atoms with Crippen LogP contribution in [0.1, 0.15) is 0 Å². The average molecular weight is 528 g/mol. The lowest BCUT2D eigenvalue weighted by atomic mass is 10.1. The van der Waals surface area contributed by atoms with Crippen LogP contribution in [-0.4, -0.2) is 38.7 Å². The van der Waals surface area contributed by atoms with Crippen molar-refractivity contribution >= 4 is 91.2 Å². The number of halogens is 4. The fraction of sp³-hybridized carbons (Fsp3) is 0.0909. The maximum absolute atomic E-state index is 11.2. The standard InChI is InChI=1S/C11H8Cl2N2O.C9H7ClN2.C2H3ClO2/c12-5-10(16)15-9-2-1-7-6-14-4-3-8(7)11(9)13;10-9-7-3-4-12-5-6(7)1-2-8(9)11;3-1-2(4)5/h1-4,6H,5H2,(H,15,16);1-5H,11H2;1H2,(H,4,5). The van der Waals surface area contributed by atoms with E-state index < -0.39 is 5.97 Å². The van der Waals surface area contributed by atoms with Crippen molar-refractivity contribution in [2.75, 3.05) is 22.8 Å². The predicted octanol–water partition coefficient (Wildman–Crippen LogP) is 5.85. The van der Waals surface area contributed by atoms with Crippen LogP contribution in [-0.2, 0) is 9.59 Å². The number of benzene rings is 2. The molecule has 0 radical (unpaired) electrons. The van der Waals surface area contributed by atoms with E-state index in [0.29, 0.717) is 21.4 Å². The molecule has 0 fully saturated rings. The maximum Gasteiger partial charge on any atom is 0.318 e. The fourth-order valence-corrected chi connectivity index (χ4v) is 3.14. The second-order valence-electron chi connectivity index (χ2n) is 6.30. The molecule has 33 heavy (non-hydrogen) atoms. The van der Waals surface area contributed by atoms with Gasteiger partial charge in [0.05, 0.1) is 21.4 Å². The lowest BCUT2D eigenvalue weighted by molar-refractivity contribution is -0.134. The Kier molecular flexibility index (Phi) is 10.4. The summed E-state index contributed by atoms with van der Waals surface area (Å²) in [6.45, 7) is 0. The summed E-state index contributed by atoms with van der Waals surface area (Å²) in [5.74, 6) is -1.66. The number of nitrogens with two attached hydrogens (primary N) is 1. The van der Waals surface area contributed by atoms with Gasteiger partial charge in [-0.05, 0) is 24.3 Å². The molecule has 7 nitrogen and oxygen atoms in total. The van der Waals surface area contributed by atoms with Crippen molar-refractivity contribution in [3.8, 4) is 0 Å². The minimum absolute atomic E-state index is 0.0925. The minimum Gasteiger partial charge on any atom is -0.480 e. The van der Waals surface area contributed by atoms with Gasteiger partial charge >= 0.3 is 5.97 Å². The van der Waals surface area contributed by atoms with Crippen LogP contribution in [0.4, 0.5) is 11.4 Å². The highest BCUT2D eigenvalue weighted by atomic mass is 35.5. The van der Waals surface area contributed by atoms with Gasteiger partial charge in [0.1, 0.15) is 11.8 Å². The highest BCUT2D eigenvalue weighted by molar-refractivity contribution is 6.39. The summed E-state index contributed by atoms with van der Waals surface area (Å²) in [5, 5.41) is 15.1. The Bertz CT molecular complexity index is 1270. The number of alkyl halides is 2. The first-order valence-corrected chi connectivity index (χ1v) is 11.0. The zero-order valence-electron chi connectivity index (χ0n) is 16.9. The molecule has 0 unspecified atom stereocenters. The second kappa shape index (κ2) is 13.0. The van der Waals surface area contributed by atoms with Crippen molar-refractivity contribution in [1.82, 2.24) is 9.97 Å². The number of nitrogen functional groups attached to an aromatic ring is 1. The van der Waals surface area contributed by atoms with Crippen molar-refractivity contribution in [2.45, 2.75) is 0 Å². The molecule has 1 amide bonds. The quantitative estimate of drug-likeness (QED) is 0.227. The number of aromatic nitrogens is 2. The van der Waals surface area contributed by atoms with Crippen molar-refractivity contribution < 1.29 is 14.7 Å². The Labute approximate surface area is 209 Å².